The second kappa shape index (κ2) is 9.20. The highest BCUT2D eigenvalue weighted by Crippen LogP contribution is 2.57. The zero-order valence-corrected chi connectivity index (χ0v) is 21.1. The molecule has 1 unspecified atom stereocenters. The van der Waals surface area contributed by atoms with E-state index in [1.807, 2.05) is 17.0 Å². The highest BCUT2D eigenvalue weighted by atomic mass is 16.7. The Bertz CT molecular complexity index is 1300. The van der Waals surface area contributed by atoms with Crippen molar-refractivity contribution in [2.75, 3.05) is 24.8 Å². The Kier molecular flexibility index (Phi) is 5.87. The predicted molar refractivity (Wildman–Crippen MR) is 141 cm³/mol. The van der Waals surface area contributed by atoms with Gasteiger partial charge in [0.15, 0.2) is 11.5 Å². The summed E-state index contributed by atoms with van der Waals surface area (Å²) in [6, 6.07) is 19.0. The van der Waals surface area contributed by atoms with Crippen LogP contribution in [0.15, 0.2) is 54.6 Å². The molecule has 3 aromatic rings. The van der Waals surface area contributed by atoms with Gasteiger partial charge in [0, 0.05) is 29.4 Å². The molecule has 36 heavy (non-hydrogen) atoms. The Labute approximate surface area is 213 Å². The third-order valence-electron chi connectivity index (χ3n) is 7.82. The summed E-state index contributed by atoms with van der Waals surface area (Å²) in [5.74, 6) is 2.15. The molecule has 0 N–H and O–H groups in total. The number of benzene rings is 3. The number of anilines is 1. The molecule has 1 atom stereocenters. The first-order valence-corrected chi connectivity index (χ1v) is 13.3. The minimum Gasteiger partial charge on any atom is -0.491 e. The minimum atomic E-state index is -0.894. The van der Waals surface area contributed by atoms with Crippen molar-refractivity contribution in [3.63, 3.8) is 0 Å². The van der Waals surface area contributed by atoms with Crippen LogP contribution in [0, 0.1) is 0 Å². The van der Waals surface area contributed by atoms with Crippen LogP contribution in [0.4, 0.5) is 5.69 Å². The monoisotopic (exact) mass is 483 g/mol. The molecule has 5 nitrogen and oxygen atoms in total. The Morgan fingerprint density at radius 2 is 1.64 bits per heavy atom. The maximum Gasteiger partial charge on any atom is 0.245 e. The van der Waals surface area contributed by atoms with Crippen molar-refractivity contribution in [2.45, 2.75) is 57.8 Å². The second-order valence-corrected chi connectivity index (χ2v) is 10.1. The summed E-state index contributed by atoms with van der Waals surface area (Å²) in [5.41, 5.74) is 5.60. The molecule has 0 radical (unpaired) electrons. The molecule has 0 bridgehead atoms. The molecule has 0 fully saturated rings. The van der Waals surface area contributed by atoms with Gasteiger partial charge in [-0.05, 0) is 48.1 Å². The van der Waals surface area contributed by atoms with Crippen LogP contribution in [0.1, 0.15) is 62.6 Å². The molecule has 186 valence electrons. The lowest BCUT2D eigenvalue weighted by Crippen LogP contribution is -2.43. The van der Waals surface area contributed by atoms with Crippen molar-refractivity contribution in [3.8, 4) is 28.4 Å². The number of hydrogen-bond acceptors (Lipinski definition) is 4. The smallest absolute Gasteiger partial charge is 0.245 e. The van der Waals surface area contributed by atoms with Gasteiger partial charge in [-0.15, -0.1) is 0 Å². The van der Waals surface area contributed by atoms with Gasteiger partial charge in [0.2, 0.25) is 12.7 Å². The molecule has 1 spiro atoms. The van der Waals surface area contributed by atoms with Gasteiger partial charge in [-0.3, -0.25) is 4.79 Å². The molecule has 0 aromatic heterocycles. The zero-order valence-electron chi connectivity index (χ0n) is 21.1. The van der Waals surface area contributed by atoms with Crippen LogP contribution >= 0.6 is 0 Å². The van der Waals surface area contributed by atoms with E-state index in [9.17, 15) is 4.79 Å². The lowest BCUT2D eigenvalue weighted by atomic mass is 9.74. The summed E-state index contributed by atoms with van der Waals surface area (Å²) in [6.07, 6.45) is 6.64. The fraction of sp³-hybridized carbons (Fsp3) is 0.387. The third-order valence-corrected chi connectivity index (χ3v) is 7.82. The summed E-state index contributed by atoms with van der Waals surface area (Å²) in [4.78, 5) is 16.4. The molecule has 0 aliphatic carbocycles. The van der Waals surface area contributed by atoms with Crippen molar-refractivity contribution in [1.82, 2.24) is 0 Å². The van der Waals surface area contributed by atoms with Gasteiger partial charge in [0.1, 0.15) is 17.8 Å². The van der Waals surface area contributed by atoms with E-state index in [1.165, 1.54) is 18.4 Å². The Balaban J connectivity index is 1.51. The summed E-state index contributed by atoms with van der Waals surface area (Å²) >= 11 is 0. The van der Waals surface area contributed by atoms with Crippen LogP contribution in [-0.4, -0.2) is 25.9 Å². The molecular weight excluding hydrogens is 450 g/mol. The van der Waals surface area contributed by atoms with Crippen LogP contribution in [-0.2, 0) is 16.6 Å². The van der Waals surface area contributed by atoms with Crippen LogP contribution < -0.4 is 19.1 Å². The summed E-state index contributed by atoms with van der Waals surface area (Å²) in [5, 5.41) is 0. The Morgan fingerprint density at radius 1 is 0.861 bits per heavy atom. The van der Waals surface area contributed by atoms with Crippen LogP contribution in [0.5, 0.6) is 17.2 Å². The first-order chi connectivity index (χ1) is 17.7. The first kappa shape index (κ1) is 23.0. The van der Waals surface area contributed by atoms with E-state index in [1.54, 1.807) is 0 Å². The number of ether oxygens (including phenoxy) is 3. The maximum atomic E-state index is 14.4. The van der Waals surface area contributed by atoms with E-state index >= 15 is 0 Å². The van der Waals surface area contributed by atoms with Crippen LogP contribution in [0.25, 0.3) is 11.1 Å². The molecule has 0 saturated carbocycles. The van der Waals surface area contributed by atoms with Gasteiger partial charge >= 0.3 is 0 Å². The van der Waals surface area contributed by atoms with Crippen molar-refractivity contribution >= 4 is 11.6 Å². The number of carbonyl (C=O) groups excluding carboxylic acids is 1. The van der Waals surface area contributed by atoms with Crippen LogP contribution in [0.3, 0.4) is 0 Å². The van der Waals surface area contributed by atoms with E-state index in [4.69, 9.17) is 14.2 Å². The van der Waals surface area contributed by atoms with E-state index in [0.717, 1.165) is 53.6 Å². The highest BCUT2D eigenvalue weighted by molar-refractivity contribution is 6.13. The second-order valence-electron chi connectivity index (χ2n) is 10.1. The normalized spacial score (nSPS) is 19.1. The minimum absolute atomic E-state index is 0.0956. The summed E-state index contributed by atoms with van der Waals surface area (Å²) in [6.45, 7) is 5.59. The lowest BCUT2D eigenvalue weighted by molar-refractivity contribution is -0.122. The Hall–Kier alpha value is -3.47. The molecule has 5 heteroatoms. The molecule has 3 aliphatic heterocycles. The fourth-order valence-corrected chi connectivity index (χ4v) is 5.90. The van der Waals surface area contributed by atoms with E-state index in [2.05, 4.69) is 56.3 Å². The molecule has 3 aliphatic rings. The first-order valence-electron chi connectivity index (χ1n) is 13.3. The van der Waals surface area contributed by atoms with Gasteiger partial charge in [-0.25, -0.2) is 0 Å². The number of carbonyl (C=O) groups is 1. The third kappa shape index (κ3) is 3.47. The van der Waals surface area contributed by atoms with Crippen LogP contribution in [0.2, 0.25) is 0 Å². The maximum absolute atomic E-state index is 14.4. The quantitative estimate of drug-likeness (QED) is 0.337. The van der Waals surface area contributed by atoms with E-state index in [0.29, 0.717) is 23.8 Å². The molecular formula is C31H33NO4. The number of aryl methyl sites for hydroxylation is 1. The summed E-state index contributed by atoms with van der Waals surface area (Å²) in [7, 11) is 0. The van der Waals surface area contributed by atoms with Crippen molar-refractivity contribution < 1.29 is 19.0 Å². The highest BCUT2D eigenvalue weighted by Gasteiger charge is 2.58. The van der Waals surface area contributed by atoms with Gasteiger partial charge < -0.3 is 19.1 Å². The molecule has 6 rings (SSSR count). The predicted octanol–water partition coefficient (Wildman–Crippen LogP) is 6.64. The average Bonchev–Trinajstić information content (AvgIpc) is 3.58. The van der Waals surface area contributed by atoms with Gasteiger partial charge in [0.05, 0.1) is 0 Å². The number of nitrogens with zero attached hydrogens (tertiary/aromatic N) is 1. The number of unbranched alkanes of at least 4 members (excludes halogenated alkanes) is 3. The van der Waals surface area contributed by atoms with E-state index in [-0.39, 0.29) is 19.3 Å². The lowest BCUT2D eigenvalue weighted by Gasteiger charge is -2.24. The van der Waals surface area contributed by atoms with E-state index < -0.39 is 5.41 Å². The zero-order chi connectivity index (χ0) is 24.7. The molecule has 3 aromatic carbocycles. The largest absolute Gasteiger partial charge is 0.491 e. The standard InChI is InChI=1S/C31H33NO4/c1-3-5-7-16-32-25-11-8-10-23(22-14-12-21(13-15-22)9-6-4-2)29(25)31(30(32)33)19-34-26-18-28-27(17-24(26)31)35-20-36-28/h8,10-15,17-18H,3-7,9,16,19-20H2,1-2H3. The summed E-state index contributed by atoms with van der Waals surface area (Å²) < 4.78 is 17.5. The SMILES string of the molecule is CCCCCN1C(=O)C2(COc3cc4c(cc32)OCO4)c2c(-c3ccc(CCCC)cc3)cccc21. The number of fused-ring (bicyclic) bond motifs is 5. The van der Waals surface area contributed by atoms with Gasteiger partial charge in [-0.2, -0.15) is 0 Å². The molecule has 1 amide bonds. The molecule has 0 saturated heterocycles. The van der Waals surface area contributed by atoms with Crippen molar-refractivity contribution in [2.24, 2.45) is 0 Å². The number of rotatable bonds is 8. The molecule has 3 heterocycles. The topological polar surface area (TPSA) is 48.0 Å². The Morgan fingerprint density at radius 3 is 2.42 bits per heavy atom. The number of amides is 1. The van der Waals surface area contributed by atoms with Crippen molar-refractivity contribution in [1.29, 1.82) is 0 Å². The average molecular weight is 484 g/mol. The number of hydrogen-bond donors (Lipinski definition) is 0. The van der Waals surface area contributed by atoms with Crippen molar-refractivity contribution in [3.05, 3.63) is 71.3 Å². The van der Waals surface area contributed by atoms with Gasteiger partial charge in [0.25, 0.3) is 0 Å². The fourth-order valence-electron chi connectivity index (χ4n) is 5.90. The van der Waals surface area contributed by atoms with Gasteiger partial charge in [-0.1, -0.05) is 69.5 Å².